The van der Waals surface area contributed by atoms with Crippen molar-refractivity contribution < 1.29 is 13.6 Å². The van der Waals surface area contributed by atoms with Crippen LogP contribution in [0.4, 0.5) is 8.78 Å². The molecule has 0 amide bonds. The Morgan fingerprint density at radius 3 is 2.44 bits per heavy atom. The number of carbonyl (C=O) groups is 1. The van der Waals surface area contributed by atoms with Crippen molar-refractivity contribution in [2.24, 2.45) is 0 Å². The van der Waals surface area contributed by atoms with E-state index in [1.807, 2.05) is 0 Å². The van der Waals surface area contributed by atoms with E-state index in [2.05, 4.69) is 0 Å². The molecular weight excluding hydrogens is 258 g/mol. The number of halogens is 3. The standard InChI is InChI=1S/C14H9ClF2O/c1-8-4-14(17)11(6-13(8)16)9-2-3-10(7-18)12(15)5-9/h2-7H,1H3. The minimum Gasteiger partial charge on any atom is -0.298 e. The predicted molar refractivity (Wildman–Crippen MR) is 66.9 cm³/mol. The zero-order chi connectivity index (χ0) is 13.3. The van der Waals surface area contributed by atoms with E-state index in [4.69, 9.17) is 11.6 Å². The van der Waals surface area contributed by atoms with E-state index in [-0.39, 0.29) is 16.1 Å². The molecule has 0 atom stereocenters. The lowest BCUT2D eigenvalue weighted by Gasteiger charge is -2.07. The average molecular weight is 267 g/mol. The van der Waals surface area contributed by atoms with E-state index in [1.54, 1.807) is 0 Å². The fourth-order valence-electron chi connectivity index (χ4n) is 1.66. The molecule has 4 heteroatoms. The fraction of sp³-hybridized carbons (Fsp3) is 0.0714. The highest BCUT2D eigenvalue weighted by molar-refractivity contribution is 6.33. The quantitative estimate of drug-likeness (QED) is 0.736. The normalized spacial score (nSPS) is 10.4. The number of carbonyl (C=O) groups excluding carboxylic acids is 1. The third kappa shape index (κ3) is 2.27. The van der Waals surface area contributed by atoms with Crippen molar-refractivity contribution in [2.75, 3.05) is 0 Å². The van der Waals surface area contributed by atoms with E-state index in [9.17, 15) is 13.6 Å². The van der Waals surface area contributed by atoms with Gasteiger partial charge < -0.3 is 0 Å². The topological polar surface area (TPSA) is 17.1 Å². The number of hydrogen-bond acceptors (Lipinski definition) is 1. The molecular formula is C14H9ClF2O. The van der Waals surface area contributed by atoms with Crippen molar-refractivity contribution in [3.8, 4) is 11.1 Å². The summed E-state index contributed by atoms with van der Waals surface area (Å²) in [5, 5.41) is 0.211. The maximum Gasteiger partial charge on any atom is 0.151 e. The molecule has 2 aromatic carbocycles. The minimum absolute atomic E-state index is 0.123. The highest BCUT2D eigenvalue weighted by Gasteiger charge is 2.10. The fourth-order valence-corrected chi connectivity index (χ4v) is 1.88. The second-order valence-electron chi connectivity index (χ2n) is 3.94. The smallest absolute Gasteiger partial charge is 0.151 e. The molecule has 0 spiro atoms. The number of aryl methyl sites for hydroxylation is 1. The van der Waals surface area contributed by atoms with Crippen LogP contribution in [0.2, 0.25) is 5.02 Å². The van der Waals surface area contributed by atoms with Gasteiger partial charge in [-0.1, -0.05) is 17.7 Å². The SMILES string of the molecule is Cc1cc(F)c(-c2ccc(C=O)c(Cl)c2)cc1F. The van der Waals surface area contributed by atoms with Gasteiger partial charge in [0, 0.05) is 11.1 Å². The van der Waals surface area contributed by atoms with Gasteiger partial charge in [-0.2, -0.15) is 0 Å². The Morgan fingerprint density at radius 2 is 1.83 bits per heavy atom. The van der Waals surface area contributed by atoms with Gasteiger partial charge in [-0.25, -0.2) is 8.78 Å². The number of hydrogen-bond donors (Lipinski definition) is 0. The molecule has 2 aromatic rings. The first-order valence-electron chi connectivity index (χ1n) is 5.23. The van der Waals surface area contributed by atoms with E-state index >= 15 is 0 Å². The summed E-state index contributed by atoms with van der Waals surface area (Å²) in [6, 6.07) is 6.70. The molecule has 18 heavy (non-hydrogen) atoms. The van der Waals surface area contributed by atoms with Gasteiger partial charge in [-0.15, -0.1) is 0 Å². The van der Waals surface area contributed by atoms with E-state index < -0.39 is 11.6 Å². The van der Waals surface area contributed by atoms with Gasteiger partial charge in [-0.05, 0) is 42.3 Å². The van der Waals surface area contributed by atoms with Gasteiger partial charge >= 0.3 is 0 Å². The van der Waals surface area contributed by atoms with Gasteiger partial charge in [0.2, 0.25) is 0 Å². The molecule has 0 aromatic heterocycles. The number of rotatable bonds is 2. The Balaban J connectivity index is 2.58. The maximum absolute atomic E-state index is 13.8. The van der Waals surface area contributed by atoms with Crippen LogP contribution in [0, 0.1) is 18.6 Å². The summed E-state index contributed by atoms with van der Waals surface area (Å²) < 4.78 is 27.2. The number of benzene rings is 2. The average Bonchev–Trinajstić information content (AvgIpc) is 2.33. The van der Waals surface area contributed by atoms with Crippen molar-refractivity contribution in [3.63, 3.8) is 0 Å². The van der Waals surface area contributed by atoms with Crippen LogP contribution in [0.15, 0.2) is 30.3 Å². The van der Waals surface area contributed by atoms with Gasteiger partial charge in [0.25, 0.3) is 0 Å². The van der Waals surface area contributed by atoms with E-state index in [0.29, 0.717) is 17.4 Å². The second kappa shape index (κ2) is 4.86. The summed E-state index contributed by atoms with van der Waals surface area (Å²) in [5.74, 6) is -1.01. The molecule has 0 saturated heterocycles. The van der Waals surface area contributed by atoms with Crippen LogP contribution < -0.4 is 0 Å². The zero-order valence-electron chi connectivity index (χ0n) is 9.51. The number of aldehydes is 1. The highest BCUT2D eigenvalue weighted by atomic mass is 35.5. The van der Waals surface area contributed by atoms with Crippen molar-refractivity contribution in [2.45, 2.75) is 6.92 Å². The van der Waals surface area contributed by atoms with Gasteiger partial charge in [0.15, 0.2) is 6.29 Å². The molecule has 0 radical (unpaired) electrons. The van der Waals surface area contributed by atoms with Crippen molar-refractivity contribution in [3.05, 3.63) is 58.1 Å². The first-order valence-corrected chi connectivity index (χ1v) is 5.61. The van der Waals surface area contributed by atoms with Crippen molar-refractivity contribution >= 4 is 17.9 Å². The van der Waals surface area contributed by atoms with Crippen LogP contribution in [-0.2, 0) is 0 Å². The monoisotopic (exact) mass is 266 g/mol. The van der Waals surface area contributed by atoms with Gasteiger partial charge in [0.05, 0.1) is 5.02 Å². The Labute approximate surface area is 108 Å². The predicted octanol–water partition coefficient (Wildman–Crippen LogP) is 4.41. The third-order valence-electron chi connectivity index (χ3n) is 2.69. The Hall–Kier alpha value is -1.74. The van der Waals surface area contributed by atoms with Crippen LogP contribution in [0.25, 0.3) is 11.1 Å². The summed E-state index contributed by atoms with van der Waals surface area (Å²) in [6.45, 7) is 1.49. The lowest BCUT2D eigenvalue weighted by Crippen LogP contribution is -1.91. The Kier molecular flexibility index (Phi) is 3.43. The summed E-state index contributed by atoms with van der Waals surface area (Å²) in [4.78, 5) is 10.6. The van der Waals surface area contributed by atoms with Crippen molar-refractivity contribution in [1.29, 1.82) is 0 Å². The summed E-state index contributed by atoms with van der Waals surface area (Å²) in [6.07, 6.45) is 0.609. The molecule has 0 fully saturated rings. The molecule has 0 bridgehead atoms. The molecule has 0 aliphatic carbocycles. The minimum atomic E-state index is -0.524. The summed E-state index contributed by atoms with van der Waals surface area (Å²) in [5.41, 5.74) is 1.11. The van der Waals surface area contributed by atoms with Gasteiger partial charge in [0.1, 0.15) is 11.6 Å². The first kappa shape index (κ1) is 12.7. The van der Waals surface area contributed by atoms with Crippen LogP contribution in [0.3, 0.4) is 0 Å². The molecule has 0 aliphatic heterocycles. The van der Waals surface area contributed by atoms with Crippen LogP contribution in [0.5, 0.6) is 0 Å². The van der Waals surface area contributed by atoms with E-state index in [0.717, 1.165) is 12.1 Å². The molecule has 0 heterocycles. The molecule has 1 nitrogen and oxygen atoms in total. The highest BCUT2D eigenvalue weighted by Crippen LogP contribution is 2.28. The molecule has 2 rings (SSSR count). The molecule has 0 aliphatic rings. The molecule has 92 valence electrons. The largest absolute Gasteiger partial charge is 0.298 e. The molecule has 0 N–H and O–H groups in total. The lowest BCUT2D eigenvalue weighted by atomic mass is 10.0. The third-order valence-corrected chi connectivity index (χ3v) is 3.01. The summed E-state index contributed by atoms with van der Waals surface area (Å²) >= 11 is 5.86. The second-order valence-corrected chi connectivity index (χ2v) is 4.34. The lowest BCUT2D eigenvalue weighted by molar-refractivity contribution is 0.112. The zero-order valence-corrected chi connectivity index (χ0v) is 10.3. The Bertz CT molecular complexity index is 623. The van der Waals surface area contributed by atoms with Crippen LogP contribution in [-0.4, -0.2) is 6.29 Å². The molecule has 0 unspecified atom stereocenters. The van der Waals surface area contributed by atoms with Crippen LogP contribution >= 0.6 is 11.6 Å². The molecule has 0 saturated carbocycles. The van der Waals surface area contributed by atoms with Crippen molar-refractivity contribution in [1.82, 2.24) is 0 Å². The Morgan fingerprint density at radius 1 is 1.11 bits per heavy atom. The van der Waals surface area contributed by atoms with E-state index in [1.165, 1.54) is 25.1 Å². The summed E-state index contributed by atoms with van der Waals surface area (Å²) in [7, 11) is 0. The van der Waals surface area contributed by atoms with Gasteiger partial charge in [-0.3, -0.25) is 4.79 Å². The first-order chi connectivity index (χ1) is 8.52. The van der Waals surface area contributed by atoms with Crippen LogP contribution in [0.1, 0.15) is 15.9 Å². The maximum atomic E-state index is 13.8.